The number of benzene rings is 2. The summed E-state index contributed by atoms with van der Waals surface area (Å²) >= 11 is 0. The molecule has 1 aliphatic carbocycles. The van der Waals surface area contributed by atoms with Gasteiger partial charge >= 0.3 is 0 Å². The molecule has 0 radical (unpaired) electrons. The fraction of sp³-hybridized carbons (Fsp3) is 0.263. The average molecular weight is 324 g/mol. The van der Waals surface area contributed by atoms with Gasteiger partial charge in [-0.2, -0.15) is 0 Å². The van der Waals surface area contributed by atoms with Crippen LogP contribution in [-0.4, -0.2) is 18.4 Å². The maximum Gasteiger partial charge on any atom is 0.242 e. The van der Waals surface area contributed by atoms with E-state index in [9.17, 15) is 14.0 Å². The van der Waals surface area contributed by atoms with Crippen LogP contribution in [0.3, 0.4) is 0 Å². The third kappa shape index (κ3) is 2.37. The molecule has 1 aliphatic heterocycles. The zero-order valence-corrected chi connectivity index (χ0v) is 13.1. The van der Waals surface area contributed by atoms with Gasteiger partial charge in [-0.3, -0.25) is 9.59 Å². The highest BCUT2D eigenvalue weighted by atomic mass is 19.1. The van der Waals surface area contributed by atoms with Crippen LogP contribution in [0.25, 0.3) is 0 Å². The van der Waals surface area contributed by atoms with E-state index in [0.29, 0.717) is 25.1 Å². The summed E-state index contributed by atoms with van der Waals surface area (Å²) in [7, 11) is 0. The summed E-state index contributed by atoms with van der Waals surface area (Å²) in [5.41, 5.74) is 1.57. The number of halogens is 1. The summed E-state index contributed by atoms with van der Waals surface area (Å²) in [5.74, 6) is -0.797. The van der Waals surface area contributed by atoms with Gasteiger partial charge in [-0.05, 0) is 55.2 Å². The van der Waals surface area contributed by atoms with Crippen LogP contribution in [0.5, 0.6) is 0 Å². The monoisotopic (exact) mass is 324 g/mol. The lowest BCUT2D eigenvalue weighted by atomic mass is 10.0. The van der Waals surface area contributed by atoms with Crippen molar-refractivity contribution >= 4 is 23.2 Å². The van der Waals surface area contributed by atoms with Crippen molar-refractivity contribution in [3.63, 3.8) is 0 Å². The topological polar surface area (TPSA) is 49.4 Å². The number of amides is 2. The maximum atomic E-state index is 13.0. The van der Waals surface area contributed by atoms with E-state index in [2.05, 4.69) is 5.32 Å². The minimum atomic E-state index is -0.980. The van der Waals surface area contributed by atoms with Gasteiger partial charge in [-0.15, -0.1) is 0 Å². The van der Waals surface area contributed by atoms with Crippen LogP contribution < -0.4 is 10.2 Å². The lowest BCUT2D eigenvalue weighted by Gasteiger charge is -2.23. The lowest BCUT2D eigenvalue weighted by molar-refractivity contribution is -0.132. The standard InChI is InChI=1S/C19H17FN2O2/c20-14-5-7-15(8-6-14)21-17(23)19(10-11-19)18(24)22-12-9-13-3-1-2-4-16(13)22/h1-8H,9-12H2,(H,21,23). The molecule has 4 nitrogen and oxygen atoms in total. The number of nitrogens with one attached hydrogen (secondary N) is 1. The maximum absolute atomic E-state index is 13.0. The van der Waals surface area contributed by atoms with E-state index in [-0.39, 0.29) is 17.6 Å². The molecule has 2 aromatic rings. The van der Waals surface area contributed by atoms with Crippen molar-refractivity contribution in [2.75, 3.05) is 16.8 Å². The summed E-state index contributed by atoms with van der Waals surface area (Å²) in [6.45, 7) is 0.615. The highest BCUT2D eigenvalue weighted by Gasteiger charge is 2.58. The van der Waals surface area contributed by atoms with E-state index in [1.165, 1.54) is 24.3 Å². The van der Waals surface area contributed by atoms with Gasteiger partial charge in [0.1, 0.15) is 11.2 Å². The highest BCUT2D eigenvalue weighted by molar-refractivity contribution is 6.18. The molecule has 1 fully saturated rings. The molecule has 0 saturated heterocycles. The summed E-state index contributed by atoms with van der Waals surface area (Å²) < 4.78 is 13.0. The molecule has 1 N–H and O–H groups in total. The molecule has 5 heteroatoms. The number of carbonyl (C=O) groups excluding carboxylic acids is 2. The van der Waals surface area contributed by atoms with E-state index in [1.54, 1.807) is 4.90 Å². The number of fused-ring (bicyclic) bond motifs is 1. The third-order valence-electron chi connectivity index (χ3n) is 4.83. The SMILES string of the molecule is O=C(Nc1ccc(F)cc1)C1(C(=O)N2CCc3ccccc32)CC1. The van der Waals surface area contributed by atoms with E-state index in [4.69, 9.17) is 0 Å². The zero-order chi connectivity index (χ0) is 16.7. The van der Waals surface area contributed by atoms with Crippen LogP contribution in [0.4, 0.5) is 15.8 Å². The summed E-state index contributed by atoms with van der Waals surface area (Å²) in [6, 6.07) is 13.4. The van der Waals surface area contributed by atoms with Crippen molar-refractivity contribution in [2.45, 2.75) is 19.3 Å². The molecule has 2 amide bonds. The predicted octanol–water partition coefficient (Wildman–Crippen LogP) is 3.13. The van der Waals surface area contributed by atoms with Crippen LogP contribution in [0.15, 0.2) is 48.5 Å². The molecule has 0 bridgehead atoms. The first kappa shape index (κ1) is 14.9. The van der Waals surface area contributed by atoms with Gasteiger partial charge in [0.25, 0.3) is 0 Å². The molecular weight excluding hydrogens is 307 g/mol. The smallest absolute Gasteiger partial charge is 0.242 e. The normalized spacial score (nSPS) is 17.3. The molecule has 4 rings (SSSR count). The Morgan fingerprint density at radius 3 is 2.46 bits per heavy atom. The average Bonchev–Trinajstić information content (AvgIpc) is 3.30. The van der Waals surface area contributed by atoms with Crippen LogP contribution >= 0.6 is 0 Å². The van der Waals surface area contributed by atoms with Crippen molar-refractivity contribution in [2.24, 2.45) is 5.41 Å². The molecule has 1 heterocycles. The summed E-state index contributed by atoms with van der Waals surface area (Å²) in [6.07, 6.45) is 1.92. The number of hydrogen-bond acceptors (Lipinski definition) is 2. The molecule has 1 saturated carbocycles. The van der Waals surface area contributed by atoms with Crippen molar-refractivity contribution in [1.29, 1.82) is 0 Å². The number of carbonyl (C=O) groups is 2. The van der Waals surface area contributed by atoms with Gasteiger partial charge in [0.15, 0.2) is 0 Å². The molecule has 0 unspecified atom stereocenters. The molecule has 24 heavy (non-hydrogen) atoms. The minimum absolute atomic E-state index is 0.132. The first-order valence-corrected chi connectivity index (χ1v) is 8.07. The summed E-state index contributed by atoms with van der Waals surface area (Å²) in [5, 5.41) is 2.75. The molecule has 2 aliphatic rings. The molecule has 0 atom stereocenters. The van der Waals surface area contributed by atoms with Crippen molar-refractivity contribution in [1.82, 2.24) is 0 Å². The van der Waals surface area contributed by atoms with Gasteiger partial charge in [0.2, 0.25) is 11.8 Å². The Hall–Kier alpha value is -2.69. The first-order chi connectivity index (χ1) is 11.6. The van der Waals surface area contributed by atoms with Crippen molar-refractivity contribution in [3.05, 3.63) is 59.9 Å². The van der Waals surface area contributed by atoms with Crippen LogP contribution in [-0.2, 0) is 16.0 Å². The minimum Gasteiger partial charge on any atom is -0.325 e. The van der Waals surface area contributed by atoms with Crippen LogP contribution in [0, 0.1) is 11.2 Å². The van der Waals surface area contributed by atoms with Crippen LogP contribution in [0.1, 0.15) is 18.4 Å². The number of para-hydroxylation sites is 1. The lowest BCUT2D eigenvalue weighted by Crippen LogP contribution is -2.42. The Kier molecular flexibility index (Phi) is 3.37. The van der Waals surface area contributed by atoms with Gasteiger partial charge in [0, 0.05) is 17.9 Å². The number of nitrogens with zero attached hydrogens (tertiary/aromatic N) is 1. The van der Waals surface area contributed by atoms with E-state index < -0.39 is 5.41 Å². The fourth-order valence-corrected chi connectivity index (χ4v) is 3.25. The number of rotatable bonds is 3. The second-order valence-electron chi connectivity index (χ2n) is 6.38. The molecule has 0 aromatic heterocycles. The molecule has 0 spiro atoms. The van der Waals surface area contributed by atoms with Crippen molar-refractivity contribution < 1.29 is 14.0 Å². The largest absolute Gasteiger partial charge is 0.325 e. The van der Waals surface area contributed by atoms with E-state index >= 15 is 0 Å². The molecular formula is C19H17FN2O2. The second-order valence-corrected chi connectivity index (χ2v) is 6.38. The van der Waals surface area contributed by atoms with Crippen LogP contribution in [0.2, 0.25) is 0 Å². The molecule has 2 aromatic carbocycles. The van der Waals surface area contributed by atoms with Crippen molar-refractivity contribution in [3.8, 4) is 0 Å². The molecule has 122 valence electrons. The van der Waals surface area contributed by atoms with Gasteiger partial charge in [-0.25, -0.2) is 4.39 Å². The Bertz CT molecular complexity index is 812. The Morgan fingerprint density at radius 1 is 1.04 bits per heavy atom. The van der Waals surface area contributed by atoms with Gasteiger partial charge < -0.3 is 10.2 Å². The second kappa shape index (κ2) is 5.44. The predicted molar refractivity (Wildman–Crippen MR) is 89.2 cm³/mol. The fourth-order valence-electron chi connectivity index (χ4n) is 3.25. The Labute approximate surface area is 139 Å². The van der Waals surface area contributed by atoms with Gasteiger partial charge in [-0.1, -0.05) is 18.2 Å². The summed E-state index contributed by atoms with van der Waals surface area (Å²) in [4.78, 5) is 27.4. The number of anilines is 2. The zero-order valence-electron chi connectivity index (χ0n) is 13.1. The number of hydrogen-bond donors (Lipinski definition) is 1. The van der Waals surface area contributed by atoms with E-state index in [1.807, 2.05) is 24.3 Å². The quantitative estimate of drug-likeness (QED) is 0.882. The Morgan fingerprint density at radius 2 is 1.75 bits per heavy atom. The van der Waals surface area contributed by atoms with Gasteiger partial charge in [0.05, 0.1) is 0 Å². The third-order valence-corrected chi connectivity index (χ3v) is 4.83. The Balaban J connectivity index is 1.54. The first-order valence-electron chi connectivity index (χ1n) is 8.07. The van der Waals surface area contributed by atoms with E-state index in [0.717, 1.165) is 17.7 Å². The highest BCUT2D eigenvalue weighted by Crippen LogP contribution is 2.49.